The van der Waals surface area contributed by atoms with Crippen molar-refractivity contribution in [2.24, 2.45) is 0 Å². The van der Waals surface area contributed by atoms with Crippen LogP contribution in [-0.2, 0) is 39.5 Å². The van der Waals surface area contributed by atoms with Crippen molar-refractivity contribution in [3.8, 4) is 0 Å². The number of nitrogens with one attached hydrogen (secondary N) is 5. The van der Waals surface area contributed by atoms with E-state index in [0.717, 1.165) is 40.4 Å². The van der Waals surface area contributed by atoms with Crippen molar-refractivity contribution in [2.45, 2.75) is 65.4 Å². The molecule has 18 heteroatoms. The number of aromatic amines is 1. The Morgan fingerprint density at radius 1 is 0.695 bits per heavy atom. The highest BCUT2D eigenvalue weighted by Gasteiger charge is 2.33. The fourth-order valence-corrected chi connectivity index (χ4v) is 5.84. The van der Waals surface area contributed by atoms with Crippen LogP contribution >= 0.6 is 0 Å². The zero-order chi connectivity index (χ0) is 43.1. The summed E-state index contributed by atoms with van der Waals surface area (Å²) in [5.41, 5.74) is 3.09. The van der Waals surface area contributed by atoms with Crippen LogP contribution < -0.4 is 21.3 Å². The van der Waals surface area contributed by atoms with Crippen LogP contribution in [0.25, 0.3) is 21.8 Å². The Labute approximate surface area is 334 Å². The first-order valence-corrected chi connectivity index (χ1v) is 18.2. The van der Waals surface area contributed by atoms with Crippen molar-refractivity contribution < 1.29 is 45.5 Å². The molecule has 0 bridgehead atoms. The predicted molar refractivity (Wildman–Crippen MR) is 213 cm³/mol. The van der Waals surface area contributed by atoms with E-state index >= 15 is 0 Å². The molecule has 0 aliphatic rings. The van der Waals surface area contributed by atoms with Gasteiger partial charge in [0, 0.05) is 55.6 Å². The highest BCUT2D eigenvalue weighted by Crippen LogP contribution is 2.31. The molecular weight excluding hydrogens is 782 g/mol. The molecule has 0 radical (unpaired) electrons. The summed E-state index contributed by atoms with van der Waals surface area (Å²) in [6, 6.07) is 15.9. The van der Waals surface area contributed by atoms with E-state index in [1.54, 1.807) is 33.0 Å². The maximum Gasteiger partial charge on any atom is 0.433 e. The molecular formula is C41H42F6N8O4. The Hall–Kier alpha value is -6.59. The molecule has 6 rings (SSSR count). The first-order valence-electron chi connectivity index (χ1n) is 18.2. The van der Waals surface area contributed by atoms with Crippen LogP contribution in [-0.4, -0.2) is 56.1 Å². The summed E-state index contributed by atoms with van der Waals surface area (Å²) >= 11 is 0. The smallest absolute Gasteiger partial charge is 0.433 e. The summed E-state index contributed by atoms with van der Waals surface area (Å²) in [6.07, 6.45) is -2.68. The lowest BCUT2D eigenvalue weighted by molar-refractivity contribution is -0.141. The minimum atomic E-state index is -4.48. The van der Waals surface area contributed by atoms with Gasteiger partial charge in [0.1, 0.15) is 17.0 Å². The first-order chi connectivity index (χ1) is 27.7. The van der Waals surface area contributed by atoms with Crippen LogP contribution in [0.4, 0.5) is 53.9 Å². The minimum absolute atomic E-state index is 0.146. The van der Waals surface area contributed by atoms with Gasteiger partial charge in [-0.25, -0.2) is 14.8 Å². The van der Waals surface area contributed by atoms with Crippen LogP contribution in [0.2, 0.25) is 0 Å². The van der Waals surface area contributed by atoms with Gasteiger partial charge >= 0.3 is 18.4 Å². The lowest BCUT2D eigenvalue weighted by Crippen LogP contribution is -2.26. The number of anilines is 4. The topological polar surface area (TPSA) is 155 Å². The number of halogens is 6. The summed E-state index contributed by atoms with van der Waals surface area (Å²) in [7, 11) is 0. The van der Waals surface area contributed by atoms with Gasteiger partial charge in [-0.1, -0.05) is 12.1 Å². The van der Waals surface area contributed by atoms with E-state index in [1.807, 2.05) is 30.3 Å². The molecule has 6 aromatic rings. The Balaban J connectivity index is 0.000000230. The number of fused-ring (bicyclic) bond motifs is 2. The minimum Gasteiger partial charge on any atom is -0.443 e. The molecule has 12 nitrogen and oxygen atoms in total. The van der Waals surface area contributed by atoms with Crippen molar-refractivity contribution in [1.82, 2.24) is 19.5 Å². The Morgan fingerprint density at radius 3 is 1.68 bits per heavy atom. The molecule has 0 aliphatic heterocycles. The number of alkyl halides is 6. The van der Waals surface area contributed by atoms with E-state index in [2.05, 4.69) is 36.2 Å². The van der Waals surface area contributed by atoms with Crippen LogP contribution in [0.15, 0.2) is 85.5 Å². The molecule has 0 saturated carbocycles. The van der Waals surface area contributed by atoms with Gasteiger partial charge in [-0.15, -0.1) is 0 Å². The number of amides is 2. The number of hydrogen-bond acceptors (Lipinski definition) is 8. The third-order valence-corrected chi connectivity index (χ3v) is 8.42. The average Bonchev–Trinajstić information content (AvgIpc) is 3.70. The summed E-state index contributed by atoms with van der Waals surface area (Å²) < 4.78 is 82.2. The molecule has 0 unspecified atom stereocenters. The van der Waals surface area contributed by atoms with E-state index < -0.39 is 35.4 Å². The number of H-pyrrole nitrogens is 1. The van der Waals surface area contributed by atoms with Crippen LogP contribution in [0.1, 0.15) is 57.1 Å². The highest BCUT2D eigenvalue weighted by atomic mass is 19.4. The fraction of sp³-hybridized carbons (Fsp3) is 0.293. The van der Waals surface area contributed by atoms with Crippen molar-refractivity contribution in [3.63, 3.8) is 0 Å². The lowest BCUT2D eigenvalue weighted by atomic mass is 10.1. The standard InChI is InChI=1S/C23H25F3N4O3.C18H17F3N4O/c1-14(31)29-18-13-30(21(32)33-22(2,3)4)19-7-5-15(11-17(18)19)9-10-27-16-6-8-20(28-12-16)23(24,25)26;1-11(26)25-16-10-23-15-4-2-12(8-14(15)16)6-7-22-13-3-5-17(24-9-13)18(19,20)21/h5-8,11-13,27H,9-10H2,1-4H3,(H,29,31);2-5,8-10,22-23H,6-7H2,1H3,(H,25,26). The number of benzene rings is 2. The Morgan fingerprint density at radius 2 is 1.20 bits per heavy atom. The largest absolute Gasteiger partial charge is 0.443 e. The van der Waals surface area contributed by atoms with E-state index in [4.69, 9.17) is 4.74 Å². The van der Waals surface area contributed by atoms with Crippen molar-refractivity contribution in [2.75, 3.05) is 34.4 Å². The van der Waals surface area contributed by atoms with Crippen LogP contribution in [0, 0.1) is 0 Å². The number of nitrogens with zero attached hydrogens (tertiary/aromatic N) is 3. The molecule has 0 spiro atoms. The first kappa shape index (κ1) is 43.5. The van der Waals surface area contributed by atoms with E-state index in [0.29, 0.717) is 59.6 Å². The maximum atomic E-state index is 12.6. The number of rotatable bonds is 10. The van der Waals surface area contributed by atoms with Gasteiger partial charge in [-0.2, -0.15) is 26.3 Å². The molecule has 2 aromatic carbocycles. The van der Waals surface area contributed by atoms with E-state index in [-0.39, 0.29) is 11.8 Å². The molecule has 59 heavy (non-hydrogen) atoms. The third kappa shape index (κ3) is 12.2. The Bertz CT molecular complexity index is 2420. The molecule has 2 amide bonds. The fourth-order valence-electron chi connectivity index (χ4n) is 5.84. The monoisotopic (exact) mass is 824 g/mol. The number of ether oxygens (including phenoxy) is 1. The summed E-state index contributed by atoms with van der Waals surface area (Å²) in [5, 5.41) is 13.2. The molecule has 5 N–H and O–H groups in total. The van der Waals surface area contributed by atoms with Gasteiger partial charge in [0.25, 0.3) is 0 Å². The second-order valence-corrected chi connectivity index (χ2v) is 14.4. The van der Waals surface area contributed by atoms with E-state index in [1.165, 1.54) is 42.9 Å². The lowest BCUT2D eigenvalue weighted by Gasteiger charge is -2.19. The zero-order valence-electron chi connectivity index (χ0n) is 32.7. The van der Waals surface area contributed by atoms with Gasteiger partial charge in [0.15, 0.2) is 0 Å². The molecule has 0 saturated heterocycles. The van der Waals surface area contributed by atoms with Crippen molar-refractivity contribution in [3.05, 3.63) is 108 Å². The number of hydrogen-bond donors (Lipinski definition) is 5. The van der Waals surface area contributed by atoms with E-state index in [9.17, 15) is 40.7 Å². The molecule has 0 atom stereocenters. The van der Waals surface area contributed by atoms with Gasteiger partial charge < -0.3 is 31.0 Å². The van der Waals surface area contributed by atoms with Crippen LogP contribution in [0.5, 0.6) is 0 Å². The Kier molecular flexibility index (Phi) is 13.2. The number of carbonyl (C=O) groups excluding carboxylic acids is 3. The summed E-state index contributed by atoms with van der Waals surface area (Å²) in [6.45, 7) is 9.11. The quantitative estimate of drug-likeness (QED) is 0.0856. The molecule has 4 aromatic heterocycles. The zero-order valence-corrected chi connectivity index (χ0v) is 32.7. The molecule has 0 fully saturated rings. The SMILES string of the molecule is CC(=O)Nc1c[nH]c2ccc(CCNc3ccc(C(F)(F)F)nc3)cc12.CC(=O)Nc1cn(C(=O)OC(C)(C)C)c2ccc(CCNc3ccc(C(F)(F)F)nc3)cc12. The van der Waals surface area contributed by atoms with Gasteiger partial charge in [0.2, 0.25) is 11.8 Å². The summed E-state index contributed by atoms with van der Waals surface area (Å²) in [4.78, 5) is 45.4. The normalized spacial score (nSPS) is 11.8. The van der Waals surface area contributed by atoms with Gasteiger partial charge in [-0.3, -0.25) is 14.2 Å². The predicted octanol–water partition coefficient (Wildman–Crippen LogP) is 9.65. The summed E-state index contributed by atoms with van der Waals surface area (Å²) in [5.74, 6) is -0.423. The molecule has 4 heterocycles. The number of pyridine rings is 2. The highest BCUT2D eigenvalue weighted by molar-refractivity contribution is 6.04. The third-order valence-electron chi connectivity index (χ3n) is 8.42. The number of carbonyl (C=O) groups is 3. The maximum absolute atomic E-state index is 12.6. The number of aromatic nitrogens is 4. The van der Waals surface area contributed by atoms with Gasteiger partial charge in [-0.05, 0) is 93.3 Å². The van der Waals surface area contributed by atoms with Crippen molar-refractivity contribution in [1.29, 1.82) is 0 Å². The second kappa shape index (κ2) is 17.9. The average molecular weight is 825 g/mol. The van der Waals surface area contributed by atoms with Crippen molar-refractivity contribution >= 4 is 62.5 Å². The van der Waals surface area contributed by atoms with Gasteiger partial charge in [0.05, 0.1) is 40.7 Å². The molecule has 312 valence electrons. The molecule has 0 aliphatic carbocycles. The second-order valence-electron chi connectivity index (χ2n) is 14.4. The van der Waals surface area contributed by atoms with Crippen LogP contribution in [0.3, 0.4) is 0 Å².